The second kappa shape index (κ2) is 9.12. The number of nitrogens with zero attached hydrogens (tertiary/aromatic N) is 2. The molecule has 0 aromatic heterocycles. The Morgan fingerprint density at radius 3 is 2.64 bits per heavy atom. The summed E-state index contributed by atoms with van der Waals surface area (Å²) in [5.74, 6) is 1.95. The molecule has 1 fully saturated rings. The molecule has 0 aliphatic carbocycles. The second-order valence-electron chi connectivity index (χ2n) is 6.33. The van der Waals surface area contributed by atoms with Crippen molar-refractivity contribution in [2.24, 2.45) is 4.99 Å². The van der Waals surface area contributed by atoms with E-state index in [1.165, 1.54) is 0 Å². The lowest BCUT2D eigenvalue weighted by atomic mass is 10.1. The van der Waals surface area contributed by atoms with Gasteiger partial charge in [-0.3, -0.25) is 4.99 Å². The van der Waals surface area contributed by atoms with E-state index in [9.17, 15) is 4.79 Å². The van der Waals surface area contributed by atoms with Crippen LogP contribution in [-0.4, -0.2) is 66.8 Å². The number of hydrogen-bond acceptors (Lipinski definition) is 4. The molecule has 0 aromatic carbocycles. The molecule has 1 aliphatic heterocycles. The van der Waals surface area contributed by atoms with E-state index in [0.29, 0.717) is 13.1 Å². The van der Waals surface area contributed by atoms with Crippen molar-refractivity contribution in [1.82, 2.24) is 15.5 Å². The number of carbonyl (C=O) groups excluding carboxylic acids is 1. The molecule has 0 bridgehead atoms. The molecular weight excluding hydrogens is 300 g/mol. The molecule has 7 heteroatoms. The zero-order chi connectivity index (χ0) is 16.6. The Balaban J connectivity index is 2.33. The number of guanidine groups is 1. The fraction of sp³-hybridized carbons (Fsp3) is 0.867. The number of ether oxygens (including phenoxy) is 1. The molecule has 1 heterocycles. The fourth-order valence-corrected chi connectivity index (χ4v) is 2.38. The van der Waals surface area contributed by atoms with Crippen LogP contribution in [0.4, 0.5) is 4.79 Å². The summed E-state index contributed by atoms with van der Waals surface area (Å²) in [5, 5.41) is 6.60. The molecular formula is C15H30N4O2S. The van der Waals surface area contributed by atoms with Gasteiger partial charge >= 0.3 is 6.09 Å². The maximum atomic E-state index is 11.9. The third kappa shape index (κ3) is 7.24. The molecule has 1 saturated heterocycles. The van der Waals surface area contributed by atoms with Gasteiger partial charge in [-0.15, -0.1) is 0 Å². The molecule has 0 spiro atoms. The van der Waals surface area contributed by atoms with Gasteiger partial charge in [0.25, 0.3) is 0 Å². The molecule has 1 aliphatic rings. The molecule has 22 heavy (non-hydrogen) atoms. The number of aliphatic imine (C=N–C) groups is 1. The Hall–Kier alpha value is -1.11. The van der Waals surface area contributed by atoms with Crippen LogP contribution in [0.3, 0.4) is 0 Å². The SMILES string of the molecule is CCNC(=NCCCSC)NC1CN(C(=O)OC(C)(C)C)C1. The van der Waals surface area contributed by atoms with Crippen LogP contribution in [0.15, 0.2) is 4.99 Å². The molecule has 0 radical (unpaired) electrons. The van der Waals surface area contributed by atoms with Crippen LogP contribution in [0, 0.1) is 0 Å². The van der Waals surface area contributed by atoms with Gasteiger partial charge < -0.3 is 20.3 Å². The molecule has 1 amide bonds. The third-order valence-electron chi connectivity index (χ3n) is 2.99. The fourth-order valence-electron chi connectivity index (χ4n) is 1.96. The van der Waals surface area contributed by atoms with E-state index in [1.54, 1.807) is 4.90 Å². The highest BCUT2D eigenvalue weighted by Gasteiger charge is 2.34. The zero-order valence-corrected chi connectivity index (χ0v) is 15.3. The Bertz CT molecular complexity index is 376. The summed E-state index contributed by atoms with van der Waals surface area (Å²) in [6.45, 7) is 10.7. The first-order chi connectivity index (χ1) is 10.4. The quantitative estimate of drug-likeness (QED) is 0.442. The molecule has 0 saturated carbocycles. The van der Waals surface area contributed by atoms with Crippen LogP contribution in [0.1, 0.15) is 34.1 Å². The molecule has 2 N–H and O–H groups in total. The highest BCUT2D eigenvalue weighted by atomic mass is 32.2. The van der Waals surface area contributed by atoms with Gasteiger partial charge in [-0.2, -0.15) is 11.8 Å². The first kappa shape index (κ1) is 18.9. The van der Waals surface area contributed by atoms with E-state index in [0.717, 1.165) is 31.2 Å². The minimum Gasteiger partial charge on any atom is -0.444 e. The summed E-state index contributed by atoms with van der Waals surface area (Å²) >= 11 is 1.84. The highest BCUT2D eigenvalue weighted by molar-refractivity contribution is 7.98. The normalized spacial score (nSPS) is 16.2. The minimum atomic E-state index is -0.441. The average molecular weight is 330 g/mol. The molecule has 6 nitrogen and oxygen atoms in total. The molecule has 1 rings (SSSR count). The summed E-state index contributed by atoms with van der Waals surface area (Å²) < 4.78 is 5.35. The third-order valence-corrected chi connectivity index (χ3v) is 3.69. The van der Waals surface area contributed by atoms with Crippen molar-refractivity contribution in [2.75, 3.05) is 38.2 Å². The monoisotopic (exact) mass is 330 g/mol. The summed E-state index contributed by atoms with van der Waals surface area (Å²) in [7, 11) is 0. The van der Waals surface area contributed by atoms with Crippen molar-refractivity contribution in [2.45, 2.75) is 45.8 Å². The van der Waals surface area contributed by atoms with Crippen LogP contribution in [0.2, 0.25) is 0 Å². The van der Waals surface area contributed by atoms with Gasteiger partial charge in [-0.25, -0.2) is 4.79 Å². The lowest BCUT2D eigenvalue weighted by molar-refractivity contribution is 0.00701. The van der Waals surface area contributed by atoms with Crippen molar-refractivity contribution < 1.29 is 9.53 Å². The smallest absolute Gasteiger partial charge is 0.410 e. The predicted octanol–water partition coefficient (Wildman–Crippen LogP) is 1.91. The Morgan fingerprint density at radius 1 is 1.41 bits per heavy atom. The van der Waals surface area contributed by atoms with Gasteiger partial charge in [0.1, 0.15) is 5.60 Å². The molecule has 0 unspecified atom stereocenters. The predicted molar refractivity (Wildman–Crippen MR) is 93.7 cm³/mol. The Morgan fingerprint density at radius 2 is 2.09 bits per heavy atom. The van der Waals surface area contributed by atoms with Crippen molar-refractivity contribution in [1.29, 1.82) is 0 Å². The number of carbonyl (C=O) groups is 1. The zero-order valence-electron chi connectivity index (χ0n) is 14.4. The minimum absolute atomic E-state index is 0.242. The maximum Gasteiger partial charge on any atom is 0.410 e. The molecule has 128 valence electrons. The van der Waals surface area contributed by atoms with Crippen molar-refractivity contribution in [3.05, 3.63) is 0 Å². The van der Waals surface area contributed by atoms with Crippen LogP contribution < -0.4 is 10.6 Å². The van der Waals surface area contributed by atoms with Gasteiger partial charge in [-0.1, -0.05) is 0 Å². The number of thioether (sulfide) groups is 1. The summed E-state index contributed by atoms with van der Waals surface area (Å²) in [6, 6.07) is 0.242. The van der Waals surface area contributed by atoms with E-state index >= 15 is 0 Å². The average Bonchev–Trinajstić information content (AvgIpc) is 2.35. The van der Waals surface area contributed by atoms with E-state index in [-0.39, 0.29) is 12.1 Å². The number of amides is 1. The van der Waals surface area contributed by atoms with Gasteiger partial charge in [0.05, 0.1) is 6.04 Å². The largest absolute Gasteiger partial charge is 0.444 e. The van der Waals surface area contributed by atoms with Crippen LogP contribution in [-0.2, 0) is 4.74 Å². The van der Waals surface area contributed by atoms with Crippen LogP contribution >= 0.6 is 11.8 Å². The molecule has 0 atom stereocenters. The first-order valence-electron chi connectivity index (χ1n) is 7.87. The first-order valence-corrected chi connectivity index (χ1v) is 9.26. The van der Waals surface area contributed by atoms with Crippen molar-refractivity contribution >= 4 is 23.8 Å². The summed E-state index contributed by atoms with van der Waals surface area (Å²) in [6.07, 6.45) is 2.94. The maximum absolute atomic E-state index is 11.9. The highest BCUT2D eigenvalue weighted by Crippen LogP contribution is 2.15. The van der Waals surface area contributed by atoms with Crippen LogP contribution in [0.5, 0.6) is 0 Å². The van der Waals surface area contributed by atoms with E-state index < -0.39 is 5.60 Å². The lowest BCUT2D eigenvalue weighted by Gasteiger charge is -2.40. The lowest BCUT2D eigenvalue weighted by Crippen LogP contribution is -2.63. The van der Waals surface area contributed by atoms with Crippen LogP contribution in [0.25, 0.3) is 0 Å². The van der Waals surface area contributed by atoms with Gasteiger partial charge in [0.2, 0.25) is 0 Å². The summed E-state index contributed by atoms with van der Waals surface area (Å²) in [5.41, 5.74) is -0.441. The van der Waals surface area contributed by atoms with Gasteiger partial charge in [0, 0.05) is 26.2 Å². The number of hydrogen-bond donors (Lipinski definition) is 2. The van der Waals surface area contributed by atoms with Gasteiger partial charge in [-0.05, 0) is 46.1 Å². The summed E-state index contributed by atoms with van der Waals surface area (Å²) in [4.78, 5) is 18.1. The topological polar surface area (TPSA) is 66.0 Å². The van der Waals surface area contributed by atoms with E-state index in [2.05, 4.69) is 21.9 Å². The molecule has 0 aromatic rings. The van der Waals surface area contributed by atoms with Gasteiger partial charge in [0.15, 0.2) is 5.96 Å². The Kier molecular flexibility index (Phi) is 7.85. The van der Waals surface area contributed by atoms with E-state index in [1.807, 2.05) is 39.5 Å². The number of rotatable bonds is 6. The number of likely N-dealkylation sites (tertiary alicyclic amines) is 1. The van der Waals surface area contributed by atoms with Crippen molar-refractivity contribution in [3.63, 3.8) is 0 Å². The second-order valence-corrected chi connectivity index (χ2v) is 7.32. The van der Waals surface area contributed by atoms with Crippen molar-refractivity contribution in [3.8, 4) is 0 Å². The van der Waals surface area contributed by atoms with E-state index in [4.69, 9.17) is 4.74 Å². The Labute approximate surface area is 138 Å². The number of nitrogens with one attached hydrogen (secondary N) is 2. The standard InChI is InChI=1S/C15H30N4O2S/c1-6-16-13(17-8-7-9-22-5)18-12-10-19(11-12)14(20)21-15(2,3)4/h12H,6-11H2,1-5H3,(H2,16,17,18).